The molecule has 4 nitrogen and oxygen atoms in total. The van der Waals surface area contributed by atoms with Gasteiger partial charge in [-0.2, -0.15) is 0 Å². The SMILES string of the molecule is Cc1ccc2cccc(-n3cnnc3CCl)c2n1. The van der Waals surface area contributed by atoms with Crippen LogP contribution in [0.2, 0.25) is 0 Å². The standard InChI is InChI=1S/C13H11ClN4/c1-9-5-6-10-3-2-4-11(13(10)16-9)18-8-15-17-12(18)7-14/h2-6,8H,7H2,1H3. The molecule has 0 aliphatic heterocycles. The predicted octanol–water partition coefficient (Wildman–Crippen LogP) is 2.86. The molecule has 0 fully saturated rings. The molecule has 2 aromatic heterocycles. The quantitative estimate of drug-likeness (QED) is 0.664. The van der Waals surface area contributed by atoms with Crippen LogP contribution in [0.25, 0.3) is 16.6 Å². The number of aryl methyl sites for hydroxylation is 1. The average Bonchev–Trinajstić information content (AvgIpc) is 2.86. The van der Waals surface area contributed by atoms with E-state index in [2.05, 4.69) is 21.2 Å². The lowest BCUT2D eigenvalue weighted by Crippen LogP contribution is -2.00. The third kappa shape index (κ3) is 1.75. The molecule has 0 aliphatic carbocycles. The molecule has 1 aromatic carbocycles. The number of alkyl halides is 1. The van der Waals surface area contributed by atoms with Gasteiger partial charge in [0.25, 0.3) is 0 Å². The van der Waals surface area contributed by atoms with Crippen LogP contribution in [-0.2, 0) is 5.88 Å². The molecule has 5 heteroatoms. The van der Waals surface area contributed by atoms with Gasteiger partial charge in [0.2, 0.25) is 0 Å². The topological polar surface area (TPSA) is 43.6 Å². The minimum absolute atomic E-state index is 0.322. The lowest BCUT2D eigenvalue weighted by Gasteiger charge is -2.08. The van der Waals surface area contributed by atoms with E-state index in [1.165, 1.54) is 0 Å². The molecule has 0 aliphatic rings. The van der Waals surface area contributed by atoms with Crippen LogP contribution in [-0.4, -0.2) is 19.7 Å². The largest absolute Gasteiger partial charge is 0.282 e. The molecule has 0 atom stereocenters. The maximum atomic E-state index is 5.86. The zero-order valence-electron chi connectivity index (χ0n) is 9.84. The van der Waals surface area contributed by atoms with E-state index in [0.717, 1.165) is 22.3 Å². The summed E-state index contributed by atoms with van der Waals surface area (Å²) in [5, 5.41) is 8.98. The first-order valence-corrected chi connectivity index (χ1v) is 6.14. The number of nitrogens with zero attached hydrogens (tertiary/aromatic N) is 4. The number of fused-ring (bicyclic) bond motifs is 1. The highest BCUT2D eigenvalue weighted by atomic mass is 35.5. The van der Waals surface area contributed by atoms with Crippen LogP contribution < -0.4 is 0 Å². The van der Waals surface area contributed by atoms with Crippen LogP contribution in [0.4, 0.5) is 0 Å². The Labute approximate surface area is 109 Å². The van der Waals surface area contributed by atoms with Crippen molar-refractivity contribution in [2.45, 2.75) is 12.8 Å². The summed E-state index contributed by atoms with van der Waals surface area (Å²) in [5.74, 6) is 1.04. The summed E-state index contributed by atoms with van der Waals surface area (Å²) in [5.41, 5.74) is 2.87. The van der Waals surface area contributed by atoms with Gasteiger partial charge in [0.05, 0.1) is 17.1 Å². The molecule has 0 saturated carbocycles. The Morgan fingerprint density at radius 1 is 1.22 bits per heavy atom. The number of hydrogen-bond donors (Lipinski definition) is 0. The van der Waals surface area contributed by atoms with Gasteiger partial charge < -0.3 is 0 Å². The van der Waals surface area contributed by atoms with Crippen molar-refractivity contribution in [3.63, 3.8) is 0 Å². The number of aromatic nitrogens is 4. The summed E-state index contributed by atoms with van der Waals surface area (Å²) in [7, 11) is 0. The highest BCUT2D eigenvalue weighted by molar-refractivity contribution is 6.16. The first-order chi connectivity index (χ1) is 8.79. The van der Waals surface area contributed by atoms with Gasteiger partial charge in [-0.05, 0) is 19.1 Å². The average molecular weight is 259 g/mol. The summed E-state index contributed by atoms with van der Waals surface area (Å²) in [6.07, 6.45) is 1.66. The highest BCUT2D eigenvalue weighted by Crippen LogP contribution is 2.21. The van der Waals surface area contributed by atoms with E-state index in [9.17, 15) is 0 Å². The molecule has 0 N–H and O–H groups in total. The van der Waals surface area contributed by atoms with Gasteiger partial charge in [-0.1, -0.05) is 18.2 Å². The van der Waals surface area contributed by atoms with Crippen LogP contribution in [0, 0.1) is 6.92 Å². The van der Waals surface area contributed by atoms with E-state index >= 15 is 0 Å². The first-order valence-electron chi connectivity index (χ1n) is 5.61. The van der Waals surface area contributed by atoms with Crippen LogP contribution in [0.15, 0.2) is 36.7 Å². The molecule has 0 spiro atoms. The van der Waals surface area contributed by atoms with Gasteiger partial charge in [0.15, 0.2) is 5.82 Å². The van der Waals surface area contributed by atoms with Crippen molar-refractivity contribution in [1.82, 2.24) is 19.7 Å². The summed E-state index contributed by atoms with van der Waals surface area (Å²) in [6.45, 7) is 1.98. The Morgan fingerprint density at radius 3 is 2.94 bits per heavy atom. The molecule has 18 heavy (non-hydrogen) atoms. The van der Waals surface area contributed by atoms with E-state index < -0.39 is 0 Å². The Hall–Kier alpha value is -1.94. The molecule has 2 heterocycles. The zero-order valence-corrected chi connectivity index (χ0v) is 10.6. The van der Waals surface area contributed by atoms with Crippen molar-refractivity contribution in [3.05, 3.63) is 48.2 Å². The third-order valence-electron chi connectivity index (χ3n) is 2.84. The number of pyridine rings is 1. The minimum Gasteiger partial charge on any atom is -0.282 e. The Kier molecular flexibility index (Phi) is 2.72. The second kappa shape index (κ2) is 4.38. The number of rotatable bonds is 2. The molecule has 0 unspecified atom stereocenters. The van der Waals surface area contributed by atoms with Crippen molar-refractivity contribution in [2.24, 2.45) is 0 Å². The maximum absolute atomic E-state index is 5.86. The summed E-state index contributed by atoms with van der Waals surface area (Å²) < 4.78 is 1.88. The number of benzene rings is 1. The van der Waals surface area contributed by atoms with Crippen LogP contribution in [0.1, 0.15) is 11.5 Å². The van der Waals surface area contributed by atoms with Gasteiger partial charge in [-0.25, -0.2) is 0 Å². The van der Waals surface area contributed by atoms with E-state index in [4.69, 9.17) is 11.6 Å². The fraction of sp³-hybridized carbons (Fsp3) is 0.154. The molecule has 90 valence electrons. The molecular formula is C13H11ClN4. The van der Waals surface area contributed by atoms with Crippen LogP contribution >= 0.6 is 11.6 Å². The molecule has 0 saturated heterocycles. The molecular weight excluding hydrogens is 248 g/mol. The monoisotopic (exact) mass is 258 g/mol. The Bertz CT molecular complexity index is 705. The van der Waals surface area contributed by atoms with Crippen molar-refractivity contribution in [3.8, 4) is 5.69 Å². The molecule has 3 aromatic rings. The fourth-order valence-corrected chi connectivity index (χ4v) is 2.16. The van der Waals surface area contributed by atoms with Gasteiger partial charge in [-0.15, -0.1) is 21.8 Å². The van der Waals surface area contributed by atoms with E-state index in [-0.39, 0.29) is 0 Å². The summed E-state index contributed by atoms with van der Waals surface area (Å²) in [6, 6.07) is 10.1. The number of para-hydroxylation sites is 1. The molecule has 3 rings (SSSR count). The predicted molar refractivity (Wildman–Crippen MR) is 71.0 cm³/mol. The van der Waals surface area contributed by atoms with E-state index in [1.54, 1.807) is 6.33 Å². The zero-order chi connectivity index (χ0) is 12.5. The van der Waals surface area contributed by atoms with E-state index in [0.29, 0.717) is 11.7 Å². The second-order valence-corrected chi connectivity index (χ2v) is 4.32. The fourth-order valence-electron chi connectivity index (χ4n) is 1.97. The van der Waals surface area contributed by atoms with Crippen molar-refractivity contribution in [2.75, 3.05) is 0 Å². The van der Waals surface area contributed by atoms with Crippen LogP contribution in [0.5, 0.6) is 0 Å². The Morgan fingerprint density at radius 2 is 2.11 bits per heavy atom. The van der Waals surface area contributed by atoms with Crippen molar-refractivity contribution >= 4 is 22.5 Å². The van der Waals surface area contributed by atoms with Crippen LogP contribution in [0.3, 0.4) is 0 Å². The Balaban J connectivity index is 2.32. The van der Waals surface area contributed by atoms with Crippen molar-refractivity contribution < 1.29 is 0 Å². The van der Waals surface area contributed by atoms with E-state index in [1.807, 2.05) is 35.8 Å². The highest BCUT2D eigenvalue weighted by Gasteiger charge is 2.09. The molecule has 0 amide bonds. The number of hydrogen-bond acceptors (Lipinski definition) is 3. The normalized spacial score (nSPS) is 11.0. The van der Waals surface area contributed by atoms with Gasteiger partial charge in [0.1, 0.15) is 6.33 Å². The molecule has 0 radical (unpaired) electrons. The third-order valence-corrected chi connectivity index (χ3v) is 3.07. The lowest BCUT2D eigenvalue weighted by molar-refractivity contribution is 0.953. The number of halogens is 1. The second-order valence-electron chi connectivity index (χ2n) is 4.05. The summed E-state index contributed by atoms with van der Waals surface area (Å²) in [4.78, 5) is 4.59. The van der Waals surface area contributed by atoms with Gasteiger partial charge in [-0.3, -0.25) is 9.55 Å². The maximum Gasteiger partial charge on any atom is 0.152 e. The first kappa shape index (κ1) is 11.2. The van der Waals surface area contributed by atoms with Gasteiger partial charge >= 0.3 is 0 Å². The van der Waals surface area contributed by atoms with Crippen molar-refractivity contribution in [1.29, 1.82) is 0 Å². The molecule has 0 bridgehead atoms. The summed E-state index contributed by atoms with van der Waals surface area (Å²) >= 11 is 5.86. The smallest absolute Gasteiger partial charge is 0.152 e. The minimum atomic E-state index is 0.322. The lowest BCUT2D eigenvalue weighted by atomic mass is 10.1. The van der Waals surface area contributed by atoms with Gasteiger partial charge in [0, 0.05) is 11.1 Å².